The van der Waals surface area contributed by atoms with Crippen LogP contribution in [0.25, 0.3) is 0 Å². The number of primary amides is 1. The van der Waals surface area contributed by atoms with E-state index in [0.29, 0.717) is 31.4 Å². The van der Waals surface area contributed by atoms with Crippen LogP contribution in [-0.4, -0.2) is 29.4 Å². The van der Waals surface area contributed by atoms with Crippen LogP contribution in [0.5, 0.6) is 0 Å². The van der Waals surface area contributed by atoms with Gasteiger partial charge in [0.05, 0.1) is 6.04 Å². The molecule has 1 aromatic rings. The third-order valence-electron chi connectivity index (χ3n) is 4.26. The highest BCUT2D eigenvalue weighted by molar-refractivity contribution is 5.76. The molecule has 2 rings (SSSR count). The van der Waals surface area contributed by atoms with Gasteiger partial charge in [-0.1, -0.05) is 13.0 Å². The summed E-state index contributed by atoms with van der Waals surface area (Å²) in [6, 6.07) is 3.48. The molecule has 6 nitrogen and oxygen atoms in total. The Kier molecular flexibility index (Phi) is 5.54. The van der Waals surface area contributed by atoms with E-state index < -0.39 is 6.03 Å². The van der Waals surface area contributed by atoms with Crippen molar-refractivity contribution in [1.29, 1.82) is 0 Å². The maximum absolute atomic E-state index is 13.4. The number of likely N-dealkylation sites (tertiary alicyclic amines) is 1. The average Bonchev–Trinajstić information content (AvgIpc) is 2.54. The number of nitrogens with one attached hydrogen (secondary N) is 1. The third-order valence-corrected chi connectivity index (χ3v) is 4.26. The topological polar surface area (TPSA) is 101 Å². The van der Waals surface area contributed by atoms with Crippen LogP contribution in [-0.2, 0) is 11.3 Å². The second-order valence-corrected chi connectivity index (χ2v) is 5.74. The van der Waals surface area contributed by atoms with Crippen LogP contribution >= 0.6 is 0 Å². The highest BCUT2D eigenvalue weighted by Crippen LogP contribution is 2.33. The second-order valence-electron chi connectivity index (χ2n) is 5.74. The van der Waals surface area contributed by atoms with Crippen LogP contribution in [0.3, 0.4) is 0 Å². The second kappa shape index (κ2) is 7.41. The van der Waals surface area contributed by atoms with Gasteiger partial charge in [0.2, 0.25) is 5.91 Å². The molecule has 1 fully saturated rings. The molecule has 0 spiro atoms. The first-order chi connectivity index (χ1) is 11.0. The van der Waals surface area contributed by atoms with E-state index in [1.807, 2.05) is 0 Å². The minimum absolute atomic E-state index is 0.0283. The lowest BCUT2D eigenvalue weighted by Crippen LogP contribution is -2.49. The van der Waals surface area contributed by atoms with Crippen LogP contribution in [0.2, 0.25) is 0 Å². The first-order valence-electron chi connectivity index (χ1n) is 7.80. The fourth-order valence-corrected chi connectivity index (χ4v) is 3.06. The molecule has 126 valence electrons. The molecular formula is C16H23FN4O2. The molecule has 0 bridgehead atoms. The molecule has 0 aliphatic carbocycles. The van der Waals surface area contributed by atoms with Gasteiger partial charge in [0, 0.05) is 25.6 Å². The maximum atomic E-state index is 13.4. The Balaban J connectivity index is 2.29. The molecule has 1 aliphatic heterocycles. The summed E-state index contributed by atoms with van der Waals surface area (Å²) in [5, 5.41) is 2.95. The van der Waals surface area contributed by atoms with Crippen molar-refractivity contribution in [2.45, 2.75) is 44.8 Å². The van der Waals surface area contributed by atoms with Gasteiger partial charge in [0.1, 0.15) is 5.82 Å². The van der Waals surface area contributed by atoms with Gasteiger partial charge in [-0.2, -0.15) is 0 Å². The highest BCUT2D eigenvalue weighted by Gasteiger charge is 2.33. The first kappa shape index (κ1) is 17.2. The van der Waals surface area contributed by atoms with Gasteiger partial charge in [-0.3, -0.25) is 4.79 Å². The van der Waals surface area contributed by atoms with Gasteiger partial charge >= 0.3 is 6.03 Å². The highest BCUT2D eigenvalue weighted by atomic mass is 19.1. The summed E-state index contributed by atoms with van der Waals surface area (Å²) in [4.78, 5) is 24.9. The first-order valence-corrected chi connectivity index (χ1v) is 7.80. The lowest BCUT2D eigenvalue weighted by atomic mass is 9.89. The van der Waals surface area contributed by atoms with E-state index in [1.165, 1.54) is 12.1 Å². The molecule has 2 atom stereocenters. The number of rotatable bonds is 4. The van der Waals surface area contributed by atoms with Crippen molar-refractivity contribution in [3.63, 3.8) is 0 Å². The summed E-state index contributed by atoms with van der Waals surface area (Å²) in [5.74, 6) is -0.397. The van der Waals surface area contributed by atoms with E-state index in [-0.39, 0.29) is 30.4 Å². The molecule has 1 saturated heterocycles. The normalized spacial score (nSPS) is 21.1. The molecule has 0 aromatic heterocycles. The standard InChI is InChI=1S/C16H23FN4O2/c1-2-15(22)20-12-5-6-21(16(19)23)14(8-12)13-4-3-11(17)7-10(13)9-18/h3-4,7,12,14H,2,5-6,8-9,18H2,1H3,(H2,19,23)(H,20,22). The zero-order chi connectivity index (χ0) is 17.0. The van der Waals surface area contributed by atoms with Crippen LogP contribution in [0.4, 0.5) is 9.18 Å². The zero-order valence-corrected chi connectivity index (χ0v) is 13.2. The van der Waals surface area contributed by atoms with Crippen molar-refractivity contribution < 1.29 is 14.0 Å². The molecule has 0 radical (unpaired) electrons. The Morgan fingerprint density at radius 1 is 1.43 bits per heavy atom. The zero-order valence-electron chi connectivity index (χ0n) is 13.2. The number of amides is 3. The number of benzene rings is 1. The fraction of sp³-hybridized carbons (Fsp3) is 0.500. The van der Waals surface area contributed by atoms with E-state index in [9.17, 15) is 14.0 Å². The van der Waals surface area contributed by atoms with Gasteiger partial charge in [-0.05, 0) is 36.1 Å². The van der Waals surface area contributed by atoms with Gasteiger partial charge in [0.25, 0.3) is 0 Å². The van der Waals surface area contributed by atoms with E-state index in [2.05, 4.69) is 5.32 Å². The fourth-order valence-electron chi connectivity index (χ4n) is 3.06. The molecule has 1 aromatic carbocycles. The smallest absolute Gasteiger partial charge is 0.315 e. The van der Waals surface area contributed by atoms with Crippen molar-refractivity contribution in [2.75, 3.05) is 6.54 Å². The molecule has 1 aliphatic rings. The van der Waals surface area contributed by atoms with Gasteiger partial charge in [-0.25, -0.2) is 9.18 Å². The average molecular weight is 322 g/mol. The number of carbonyl (C=O) groups excluding carboxylic acids is 2. The van der Waals surface area contributed by atoms with Crippen LogP contribution < -0.4 is 16.8 Å². The lowest BCUT2D eigenvalue weighted by molar-refractivity contribution is -0.121. The lowest BCUT2D eigenvalue weighted by Gasteiger charge is -2.39. The molecule has 23 heavy (non-hydrogen) atoms. The summed E-state index contributed by atoms with van der Waals surface area (Å²) >= 11 is 0. The minimum atomic E-state index is -0.525. The van der Waals surface area contributed by atoms with Crippen molar-refractivity contribution in [2.24, 2.45) is 11.5 Å². The number of piperidine rings is 1. The number of nitrogens with two attached hydrogens (primary N) is 2. The van der Waals surface area contributed by atoms with Crippen LogP contribution in [0.1, 0.15) is 43.4 Å². The minimum Gasteiger partial charge on any atom is -0.353 e. The molecular weight excluding hydrogens is 299 g/mol. The van der Waals surface area contributed by atoms with Gasteiger partial charge < -0.3 is 21.7 Å². The quantitative estimate of drug-likeness (QED) is 0.781. The van der Waals surface area contributed by atoms with Gasteiger partial charge in [0.15, 0.2) is 0 Å². The summed E-state index contributed by atoms with van der Waals surface area (Å²) in [6.07, 6.45) is 1.59. The maximum Gasteiger partial charge on any atom is 0.315 e. The van der Waals surface area contributed by atoms with Gasteiger partial charge in [-0.15, -0.1) is 0 Å². The Morgan fingerprint density at radius 2 is 2.17 bits per heavy atom. The number of nitrogens with zero attached hydrogens (tertiary/aromatic N) is 1. The molecule has 0 saturated carbocycles. The SMILES string of the molecule is CCC(=O)NC1CCN(C(N)=O)C(c2ccc(F)cc2CN)C1. The summed E-state index contributed by atoms with van der Waals surface area (Å²) in [7, 11) is 0. The Bertz CT molecular complexity index is 593. The molecule has 1 heterocycles. The van der Waals surface area contributed by atoms with E-state index >= 15 is 0 Å². The number of urea groups is 1. The number of hydrogen-bond acceptors (Lipinski definition) is 3. The predicted octanol–water partition coefficient (Wildman–Crippen LogP) is 1.39. The predicted molar refractivity (Wildman–Crippen MR) is 84.8 cm³/mol. The van der Waals surface area contributed by atoms with E-state index in [0.717, 1.165) is 5.56 Å². The molecule has 7 heteroatoms. The Morgan fingerprint density at radius 3 is 2.78 bits per heavy atom. The largest absolute Gasteiger partial charge is 0.353 e. The molecule has 3 amide bonds. The van der Waals surface area contributed by atoms with Crippen molar-refractivity contribution in [1.82, 2.24) is 10.2 Å². The van der Waals surface area contributed by atoms with Crippen molar-refractivity contribution >= 4 is 11.9 Å². The summed E-state index contributed by atoms with van der Waals surface area (Å²) in [6.45, 7) is 2.40. The summed E-state index contributed by atoms with van der Waals surface area (Å²) < 4.78 is 13.4. The number of hydrogen-bond donors (Lipinski definition) is 3. The summed E-state index contributed by atoms with van der Waals surface area (Å²) in [5.41, 5.74) is 12.6. The third kappa shape index (κ3) is 3.98. The molecule has 5 N–H and O–H groups in total. The van der Waals surface area contributed by atoms with Crippen molar-refractivity contribution in [3.8, 4) is 0 Å². The number of carbonyl (C=O) groups is 2. The van der Waals surface area contributed by atoms with Crippen molar-refractivity contribution in [3.05, 3.63) is 35.1 Å². The Labute approximate surface area is 135 Å². The monoisotopic (exact) mass is 322 g/mol. The number of halogens is 1. The van der Waals surface area contributed by atoms with Crippen LogP contribution in [0, 0.1) is 5.82 Å². The molecule has 2 unspecified atom stereocenters. The van der Waals surface area contributed by atoms with E-state index in [4.69, 9.17) is 11.5 Å². The van der Waals surface area contributed by atoms with E-state index in [1.54, 1.807) is 17.9 Å². The Hall–Kier alpha value is -2.15. The van der Waals surface area contributed by atoms with Crippen LogP contribution in [0.15, 0.2) is 18.2 Å².